The number of benzene rings is 1. The van der Waals surface area contributed by atoms with Crippen molar-refractivity contribution >= 4 is 5.69 Å². The number of nitriles is 1. The summed E-state index contributed by atoms with van der Waals surface area (Å²) in [7, 11) is 2.10. The monoisotopic (exact) mass is 229 g/mol. The van der Waals surface area contributed by atoms with E-state index in [0.717, 1.165) is 25.1 Å². The summed E-state index contributed by atoms with van der Waals surface area (Å²) in [5.41, 5.74) is 9.39. The topological polar surface area (TPSA) is 53.0 Å². The van der Waals surface area contributed by atoms with Gasteiger partial charge in [-0.1, -0.05) is 6.07 Å². The lowest BCUT2D eigenvalue weighted by Crippen LogP contribution is -2.27. The number of rotatable bonds is 3. The number of fused-ring (bicyclic) bond motifs is 1. The van der Waals surface area contributed by atoms with Crippen LogP contribution in [0.1, 0.15) is 30.5 Å². The summed E-state index contributed by atoms with van der Waals surface area (Å²) in [5, 5.41) is 8.86. The zero-order chi connectivity index (χ0) is 12.4. The fraction of sp³-hybridized carbons (Fsp3) is 0.500. The molecule has 1 aliphatic carbocycles. The Hall–Kier alpha value is -1.53. The van der Waals surface area contributed by atoms with E-state index >= 15 is 0 Å². The molecule has 2 unspecified atom stereocenters. The summed E-state index contributed by atoms with van der Waals surface area (Å²) < 4.78 is 0. The van der Waals surface area contributed by atoms with E-state index in [1.165, 1.54) is 11.1 Å². The van der Waals surface area contributed by atoms with Crippen molar-refractivity contribution in [3.63, 3.8) is 0 Å². The van der Waals surface area contributed by atoms with Gasteiger partial charge in [0.2, 0.25) is 0 Å². The van der Waals surface area contributed by atoms with Crippen LogP contribution in [-0.2, 0) is 6.42 Å². The number of nitrogen functional groups attached to an aromatic ring is 1. The predicted molar refractivity (Wildman–Crippen MR) is 69.3 cm³/mol. The third-order valence-electron chi connectivity index (χ3n) is 3.53. The molecule has 3 heteroatoms. The highest BCUT2D eigenvalue weighted by atomic mass is 15.1. The van der Waals surface area contributed by atoms with Crippen molar-refractivity contribution in [2.24, 2.45) is 5.92 Å². The van der Waals surface area contributed by atoms with Crippen LogP contribution >= 0.6 is 0 Å². The average molecular weight is 229 g/mol. The molecule has 1 aromatic carbocycles. The Labute approximate surface area is 103 Å². The summed E-state index contributed by atoms with van der Waals surface area (Å²) >= 11 is 0. The van der Waals surface area contributed by atoms with E-state index < -0.39 is 0 Å². The first kappa shape index (κ1) is 11.9. The maximum absolute atomic E-state index is 8.86. The van der Waals surface area contributed by atoms with Crippen LogP contribution in [0.25, 0.3) is 0 Å². The smallest absolute Gasteiger partial charge is 0.0666 e. The van der Waals surface area contributed by atoms with Crippen LogP contribution in [0.2, 0.25) is 0 Å². The molecule has 0 saturated heterocycles. The van der Waals surface area contributed by atoms with Gasteiger partial charge in [0, 0.05) is 18.3 Å². The van der Waals surface area contributed by atoms with Gasteiger partial charge >= 0.3 is 0 Å². The molecule has 0 spiro atoms. The minimum absolute atomic E-state index is 0.0813. The van der Waals surface area contributed by atoms with Crippen molar-refractivity contribution < 1.29 is 0 Å². The minimum Gasteiger partial charge on any atom is -0.399 e. The Balaban J connectivity index is 2.14. The molecular formula is C14H19N3. The second kappa shape index (κ2) is 4.77. The van der Waals surface area contributed by atoms with E-state index in [1.54, 1.807) is 0 Å². The summed E-state index contributed by atoms with van der Waals surface area (Å²) in [4.78, 5) is 2.29. The number of nitrogens with zero attached hydrogens (tertiary/aromatic N) is 2. The van der Waals surface area contributed by atoms with Gasteiger partial charge in [-0.3, -0.25) is 4.90 Å². The molecule has 2 rings (SSSR count). The molecule has 90 valence electrons. The average Bonchev–Trinajstić information content (AvgIpc) is 2.71. The van der Waals surface area contributed by atoms with Crippen molar-refractivity contribution in [2.45, 2.75) is 25.8 Å². The number of aryl methyl sites for hydroxylation is 1. The summed E-state index contributed by atoms with van der Waals surface area (Å²) in [6.45, 7) is 2.79. The molecule has 3 nitrogen and oxygen atoms in total. The van der Waals surface area contributed by atoms with Crippen molar-refractivity contribution in [3.8, 4) is 6.07 Å². The minimum atomic E-state index is 0.0813. The fourth-order valence-corrected chi connectivity index (χ4v) is 2.67. The predicted octanol–water partition coefficient (Wildman–Crippen LogP) is 2.35. The summed E-state index contributed by atoms with van der Waals surface area (Å²) in [6.07, 6.45) is 2.23. The Morgan fingerprint density at radius 2 is 2.35 bits per heavy atom. The molecule has 1 aromatic rings. The van der Waals surface area contributed by atoms with Crippen LogP contribution in [0.5, 0.6) is 0 Å². The lowest BCUT2D eigenvalue weighted by atomic mass is 10.1. The molecule has 1 aliphatic rings. The molecular weight excluding hydrogens is 210 g/mol. The largest absolute Gasteiger partial charge is 0.399 e. The first-order valence-corrected chi connectivity index (χ1v) is 6.10. The quantitative estimate of drug-likeness (QED) is 0.809. The molecule has 0 radical (unpaired) electrons. The van der Waals surface area contributed by atoms with E-state index in [9.17, 15) is 0 Å². The maximum atomic E-state index is 8.86. The van der Waals surface area contributed by atoms with E-state index in [1.807, 2.05) is 13.0 Å². The van der Waals surface area contributed by atoms with Gasteiger partial charge in [-0.15, -0.1) is 0 Å². The standard InChI is InChI=1S/C14H19N3/c1-10(8-15)9-17(2)14-6-3-11-7-12(16)4-5-13(11)14/h4-5,7,10,14H,3,6,9,16H2,1-2H3. The molecule has 0 bridgehead atoms. The van der Waals surface area contributed by atoms with Crippen molar-refractivity contribution in [2.75, 3.05) is 19.3 Å². The number of nitrogens with two attached hydrogens (primary N) is 1. The zero-order valence-electron chi connectivity index (χ0n) is 10.5. The second-order valence-electron chi connectivity index (χ2n) is 4.98. The first-order chi connectivity index (χ1) is 8.11. The Bertz CT molecular complexity index is 447. The number of anilines is 1. The second-order valence-corrected chi connectivity index (χ2v) is 4.98. The molecule has 2 N–H and O–H groups in total. The zero-order valence-corrected chi connectivity index (χ0v) is 10.5. The van der Waals surface area contributed by atoms with Gasteiger partial charge in [0.15, 0.2) is 0 Å². The Morgan fingerprint density at radius 3 is 3.06 bits per heavy atom. The van der Waals surface area contributed by atoms with Crippen LogP contribution in [0.4, 0.5) is 5.69 Å². The Morgan fingerprint density at radius 1 is 1.59 bits per heavy atom. The van der Waals surface area contributed by atoms with E-state index in [4.69, 9.17) is 11.0 Å². The van der Waals surface area contributed by atoms with Crippen molar-refractivity contribution in [3.05, 3.63) is 29.3 Å². The van der Waals surface area contributed by atoms with Crippen molar-refractivity contribution in [1.29, 1.82) is 5.26 Å². The molecule has 0 saturated carbocycles. The number of hydrogen-bond donors (Lipinski definition) is 1. The lowest BCUT2D eigenvalue weighted by Gasteiger charge is -2.26. The molecule has 0 amide bonds. The van der Waals surface area contributed by atoms with Crippen LogP contribution in [0, 0.1) is 17.2 Å². The molecule has 0 fully saturated rings. The number of hydrogen-bond acceptors (Lipinski definition) is 3. The maximum Gasteiger partial charge on any atom is 0.0666 e. The van der Waals surface area contributed by atoms with Crippen LogP contribution < -0.4 is 5.73 Å². The third kappa shape index (κ3) is 2.42. The molecule has 0 aliphatic heterocycles. The third-order valence-corrected chi connectivity index (χ3v) is 3.53. The SMILES string of the molecule is CC(C#N)CN(C)C1CCc2cc(N)ccc21. The van der Waals surface area contributed by atoms with E-state index in [-0.39, 0.29) is 5.92 Å². The van der Waals surface area contributed by atoms with Gasteiger partial charge in [-0.25, -0.2) is 0 Å². The van der Waals surface area contributed by atoms with Gasteiger partial charge in [-0.2, -0.15) is 5.26 Å². The van der Waals surface area contributed by atoms with E-state index in [0.29, 0.717) is 6.04 Å². The highest BCUT2D eigenvalue weighted by Gasteiger charge is 2.26. The lowest BCUT2D eigenvalue weighted by molar-refractivity contribution is 0.228. The summed E-state index contributed by atoms with van der Waals surface area (Å²) in [5.74, 6) is 0.0813. The first-order valence-electron chi connectivity index (χ1n) is 6.10. The highest BCUT2D eigenvalue weighted by Crippen LogP contribution is 2.36. The highest BCUT2D eigenvalue weighted by molar-refractivity contribution is 5.47. The van der Waals surface area contributed by atoms with Gasteiger partial charge in [0.1, 0.15) is 0 Å². The summed E-state index contributed by atoms with van der Waals surface area (Å²) in [6, 6.07) is 8.92. The van der Waals surface area contributed by atoms with Gasteiger partial charge in [0.25, 0.3) is 0 Å². The Kier molecular flexibility index (Phi) is 3.35. The normalized spacial score (nSPS) is 20.0. The van der Waals surface area contributed by atoms with E-state index in [2.05, 4.69) is 30.1 Å². The molecule has 2 atom stereocenters. The molecule has 17 heavy (non-hydrogen) atoms. The van der Waals surface area contributed by atoms with Crippen LogP contribution in [0.15, 0.2) is 18.2 Å². The molecule has 0 aromatic heterocycles. The van der Waals surface area contributed by atoms with Crippen LogP contribution in [-0.4, -0.2) is 18.5 Å². The van der Waals surface area contributed by atoms with Gasteiger partial charge in [0.05, 0.1) is 12.0 Å². The van der Waals surface area contributed by atoms with Crippen LogP contribution in [0.3, 0.4) is 0 Å². The van der Waals surface area contributed by atoms with Crippen molar-refractivity contribution in [1.82, 2.24) is 4.90 Å². The fourth-order valence-electron chi connectivity index (χ4n) is 2.67. The van der Waals surface area contributed by atoms with Gasteiger partial charge < -0.3 is 5.73 Å². The van der Waals surface area contributed by atoms with Gasteiger partial charge in [-0.05, 0) is 50.1 Å². The molecule has 0 heterocycles.